The fourth-order valence-electron chi connectivity index (χ4n) is 4.31. The summed E-state index contributed by atoms with van der Waals surface area (Å²) in [4.78, 5) is 27.2. The van der Waals surface area contributed by atoms with E-state index in [2.05, 4.69) is 24.4 Å². The number of aryl methyl sites for hydroxylation is 1. The van der Waals surface area contributed by atoms with Gasteiger partial charge in [0.25, 0.3) is 0 Å². The number of benzene rings is 1. The van der Waals surface area contributed by atoms with Crippen LogP contribution in [0.5, 0.6) is 0 Å². The molecule has 0 unspecified atom stereocenters. The molecule has 2 heterocycles. The molecule has 4 heteroatoms. The maximum Gasteiger partial charge on any atom is 0.233 e. The highest BCUT2D eigenvalue weighted by atomic mass is 16.2. The number of nitrogens with zero attached hydrogens (tertiary/aromatic N) is 1. The van der Waals surface area contributed by atoms with E-state index in [0.29, 0.717) is 6.54 Å². The number of carbonyl (C=O) groups is 2. The van der Waals surface area contributed by atoms with Crippen molar-refractivity contribution in [2.45, 2.75) is 44.1 Å². The van der Waals surface area contributed by atoms with E-state index in [1.54, 1.807) is 0 Å². The molecule has 4 nitrogen and oxygen atoms in total. The Morgan fingerprint density at radius 2 is 2.09 bits per heavy atom. The van der Waals surface area contributed by atoms with E-state index in [9.17, 15) is 9.59 Å². The number of nitrogens with one attached hydrogen (secondary N) is 1. The monoisotopic (exact) mass is 298 g/mol. The second kappa shape index (κ2) is 4.83. The number of carbonyl (C=O) groups excluding carboxylic acids is 2. The molecule has 2 saturated heterocycles. The maximum atomic E-state index is 13.3. The van der Waals surface area contributed by atoms with Crippen LogP contribution in [0.3, 0.4) is 0 Å². The second-order valence-electron chi connectivity index (χ2n) is 6.96. The molecule has 1 saturated carbocycles. The molecule has 1 aromatic rings. The van der Waals surface area contributed by atoms with Crippen molar-refractivity contribution in [1.82, 2.24) is 10.2 Å². The van der Waals surface area contributed by atoms with E-state index < -0.39 is 0 Å². The zero-order valence-corrected chi connectivity index (χ0v) is 13.0. The zero-order chi connectivity index (χ0) is 15.3. The van der Waals surface area contributed by atoms with Crippen LogP contribution >= 0.6 is 0 Å². The van der Waals surface area contributed by atoms with Gasteiger partial charge in [0.2, 0.25) is 11.8 Å². The van der Waals surface area contributed by atoms with Crippen molar-refractivity contribution in [3.63, 3.8) is 0 Å². The summed E-state index contributed by atoms with van der Waals surface area (Å²) >= 11 is 0. The lowest BCUT2D eigenvalue weighted by Crippen LogP contribution is -2.52. The summed E-state index contributed by atoms with van der Waals surface area (Å²) in [7, 11) is 0. The molecule has 116 valence electrons. The molecule has 0 radical (unpaired) electrons. The number of amides is 2. The number of likely N-dealkylation sites (tertiary alicyclic amines) is 1. The summed E-state index contributed by atoms with van der Waals surface area (Å²) in [5.74, 6) is 0.376. The van der Waals surface area contributed by atoms with Crippen molar-refractivity contribution < 1.29 is 9.59 Å². The molecule has 22 heavy (non-hydrogen) atoms. The number of fused-ring (bicyclic) bond motifs is 1. The van der Waals surface area contributed by atoms with Crippen LogP contribution < -0.4 is 5.32 Å². The largest absolute Gasteiger partial charge is 0.354 e. The topological polar surface area (TPSA) is 49.4 Å². The highest BCUT2D eigenvalue weighted by Gasteiger charge is 2.56. The predicted octanol–water partition coefficient (Wildman–Crippen LogP) is 1.76. The second-order valence-corrected chi connectivity index (χ2v) is 6.96. The fraction of sp³-hybridized carbons (Fsp3) is 0.556. The van der Waals surface area contributed by atoms with Crippen LogP contribution in [-0.2, 0) is 15.0 Å². The molecule has 4 rings (SSSR count). The van der Waals surface area contributed by atoms with E-state index in [1.165, 1.54) is 11.1 Å². The summed E-state index contributed by atoms with van der Waals surface area (Å²) < 4.78 is 0. The Bertz CT molecular complexity index is 636. The lowest BCUT2D eigenvalue weighted by atomic mass is 9.86. The molecule has 2 amide bonds. The first kappa shape index (κ1) is 13.8. The van der Waals surface area contributed by atoms with Gasteiger partial charge < -0.3 is 10.2 Å². The molecule has 1 N–H and O–H groups in total. The highest BCUT2D eigenvalue weighted by Crippen LogP contribution is 2.51. The third-order valence-electron chi connectivity index (χ3n) is 5.68. The van der Waals surface area contributed by atoms with Crippen molar-refractivity contribution >= 4 is 11.8 Å². The Labute approximate surface area is 130 Å². The van der Waals surface area contributed by atoms with Crippen LogP contribution in [0.15, 0.2) is 24.3 Å². The van der Waals surface area contributed by atoms with E-state index in [-0.39, 0.29) is 29.2 Å². The molecular weight excluding hydrogens is 276 g/mol. The third kappa shape index (κ3) is 1.89. The molecule has 0 spiro atoms. The molecule has 0 aromatic heterocycles. The molecule has 2 atom stereocenters. The predicted molar refractivity (Wildman–Crippen MR) is 83.3 cm³/mol. The summed E-state index contributed by atoms with van der Waals surface area (Å²) in [6.45, 7) is 3.50. The minimum absolute atomic E-state index is 0.00497. The molecule has 1 aromatic carbocycles. The number of rotatable bonds is 2. The zero-order valence-electron chi connectivity index (χ0n) is 13.0. The highest BCUT2D eigenvalue weighted by molar-refractivity contribution is 5.93. The lowest BCUT2D eigenvalue weighted by molar-refractivity contribution is -0.139. The smallest absolute Gasteiger partial charge is 0.233 e. The molecule has 3 fully saturated rings. The Morgan fingerprint density at radius 3 is 2.82 bits per heavy atom. The van der Waals surface area contributed by atoms with Gasteiger partial charge in [-0.05, 0) is 43.7 Å². The van der Waals surface area contributed by atoms with Crippen LogP contribution in [0.1, 0.15) is 36.8 Å². The van der Waals surface area contributed by atoms with Gasteiger partial charge in [-0.3, -0.25) is 9.59 Å². The van der Waals surface area contributed by atoms with Crippen LogP contribution in [-0.4, -0.2) is 35.8 Å². The average Bonchev–Trinajstić information content (AvgIpc) is 3.25. The SMILES string of the molecule is Cc1ccccc1C1(C(=O)N2CCC[C@H]3C(=O)NC[C@H]32)CC1. The number of hydrogen-bond acceptors (Lipinski definition) is 2. The Hall–Kier alpha value is -1.84. The summed E-state index contributed by atoms with van der Waals surface area (Å²) in [5.41, 5.74) is 2.06. The van der Waals surface area contributed by atoms with Gasteiger partial charge in [-0.25, -0.2) is 0 Å². The van der Waals surface area contributed by atoms with Crippen LogP contribution in [0, 0.1) is 12.8 Å². The quantitative estimate of drug-likeness (QED) is 0.904. The van der Waals surface area contributed by atoms with Gasteiger partial charge in [0, 0.05) is 13.1 Å². The first-order chi connectivity index (χ1) is 10.6. The third-order valence-corrected chi connectivity index (χ3v) is 5.68. The molecular formula is C18H22N2O2. The number of hydrogen-bond donors (Lipinski definition) is 1. The first-order valence-corrected chi connectivity index (χ1v) is 8.28. The molecule has 0 bridgehead atoms. The van der Waals surface area contributed by atoms with Gasteiger partial charge in [0.05, 0.1) is 17.4 Å². The molecule has 1 aliphatic carbocycles. The Morgan fingerprint density at radius 1 is 1.32 bits per heavy atom. The standard InChI is InChI=1S/C18H22N2O2/c1-12-5-2-3-7-14(12)18(8-9-18)17(22)20-10-4-6-13-15(20)11-19-16(13)21/h2-3,5,7,13,15H,4,6,8-11H2,1H3,(H,19,21)/t13-,15-/m1/s1. The van der Waals surface area contributed by atoms with E-state index in [4.69, 9.17) is 0 Å². The van der Waals surface area contributed by atoms with E-state index in [1.807, 2.05) is 17.0 Å². The van der Waals surface area contributed by atoms with E-state index >= 15 is 0 Å². The van der Waals surface area contributed by atoms with Crippen molar-refractivity contribution in [2.24, 2.45) is 5.92 Å². The average molecular weight is 298 g/mol. The van der Waals surface area contributed by atoms with Gasteiger partial charge in [-0.1, -0.05) is 24.3 Å². The van der Waals surface area contributed by atoms with Gasteiger partial charge in [0.1, 0.15) is 0 Å². The van der Waals surface area contributed by atoms with Crippen LogP contribution in [0.25, 0.3) is 0 Å². The minimum atomic E-state index is -0.321. The first-order valence-electron chi connectivity index (χ1n) is 8.28. The van der Waals surface area contributed by atoms with Gasteiger partial charge >= 0.3 is 0 Å². The number of piperidine rings is 1. The molecule has 2 aliphatic heterocycles. The van der Waals surface area contributed by atoms with Crippen LogP contribution in [0.2, 0.25) is 0 Å². The molecule has 3 aliphatic rings. The fourth-order valence-corrected chi connectivity index (χ4v) is 4.31. The Kier molecular flexibility index (Phi) is 3.03. The Balaban J connectivity index is 1.64. The van der Waals surface area contributed by atoms with Gasteiger partial charge in [-0.15, -0.1) is 0 Å². The van der Waals surface area contributed by atoms with Crippen LogP contribution in [0.4, 0.5) is 0 Å². The van der Waals surface area contributed by atoms with Crippen molar-refractivity contribution in [3.8, 4) is 0 Å². The summed E-state index contributed by atoms with van der Waals surface area (Å²) in [6.07, 6.45) is 3.72. The van der Waals surface area contributed by atoms with Gasteiger partial charge in [0.15, 0.2) is 0 Å². The van der Waals surface area contributed by atoms with Gasteiger partial charge in [-0.2, -0.15) is 0 Å². The normalized spacial score (nSPS) is 29.0. The van der Waals surface area contributed by atoms with Crippen molar-refractivity contribution in [3.05, 3.63) is 35.4 Å². The lowest BCUT2D eigenvalue weighted by Gasteiger charge is -2.38. The summed E-state index contributed by atoms with van der Waals surface area (Å²) in [5, 5.41) is 2.94. The maximum absolute atomic E-state index is 13.3. The minimum Gasteiger partial charge on any atom is -0.354 e. The summed E-state index contributed by atoms with van der Waals surface area (Å²) in [6, 6.07) is 8.29. The van der Waals surface area contributed by atoms with E-state index in [0.717, 1.165) is 32.2 Å². The van der Waals surface area contributed by atoms with Crippen molar-refractivity contribution in [2.75, 3.05) is 13.1 Å². The van der Waals surface area contributed by atoms with Crippen molar-refractivity contribution in [1.29, 1.82) is 0 Å².